The van der Waals surface area contributed by atoms with Gasteiger partial charge in [0.15, 0.2) is 0 Å². The van der Waals surface area contributed by atoms with Gasteiger partial charge in [-0.1, -0.05) is 18.2 Å². The first kappa shape index (κ1) is 13.2. The summed E-state index contributed by atoms with van der Waals surface area (Å²) in [6, 6.07) is 8.52. The number of amides is 1. The van der Waals surface area contributed by atoms with E-state index in [2.05, 4.69) is 27.8 Å². The number of hydrogen-bond acceptors (Lipinski definition) is 2. The van der Waals surface area contributed by atoms with Crippen molar-refractivity contribution in [1.82, 2.24) is 15.6 Å². The monoisotopic (exact) mass is 271 g/mol. The molecule has 0 unspecified atom stereocenters. The predicted octanol–water partition coefficient (Wildman–Crippen LogP) is 1.97. The molecular formula is C16H21N3O. The van der Waals surface area contributed by atoms with Gasteiger partial charge in [-0.3, -0.25) is 4.79 Å². The lowest BCUT2D eigenvalue weighted by Crippen LogP contribution is -2.45. The van der Waals surface area contributed by atoms with Crippen LogP contribution < -0.4 is 10.6 Å². The van der Waals surface area contributed by atoms with Crippen LogP contribution in [0.3, 0.4) is 0 Å². The van der Waals surface area contributed by atoms with Crippen LogP contribution >= 0.6 is 0 Å². The second kappa shape index (κ2) is 6.09. The molecule has 4 heteroatoms. The summed E-state index contributed by atoms with van der Waals surface area (Å²) >= 11 is 0. The van der Waals surface area contributed by atoms with Crippen molar-refractivity contribution in [2.45, 2.75) is 31.7 Å². The second-order valence-corrected chi connectivity index (χ2v) is 5.47. The molecule has 0 spiro atoms. The topological polar surface area (TPSA) is 56.9 Å². The molecule has 1 aromatic carbocycles. The zero-order chi connectivity index (χ0) is 13.8. The average Bonchev–Trinajstić information content (AvgIpc) is 2.89. The van der Waals surface area contributed by atoms with Gasteiger partial charge >= 0.3 is 0 Å². The van der Waals surface area contributed by atoms with Gasteiger partial charge < -0.3 is 15.6 Å². The minimum Gasteiger partial charge on any atom is -0.361 e. The number of carbonyl (C=O) groups is 1. The Morgan fingerprint density at radius 2 is 2.25 bits per heavy atom. The lowest BCUT2D eigenvalue weighted by molar-refractivity contribution is -0.121. The summed E-state index contributed by atoms with van der Waals surface area (Å²) < 4.78 is 0. The maximum atomic E-state index is 12.0. The molecule has 1 aliphatic rings. The minimum atomic E-state index is 0.156. The molecule has 4 nitrogen and oxygen atoms in total. The summed E-state index contributed by atoms with van der Waals surface area (Å²) in [5, 5.41) is 7.65. The number of piperidine rings is 1. The van der Waals surface area contributed by atoms with Crippen molar-refractivity contribution < 1.29 is 4.79 Å². The van der Waals surface area contributed by atoms with Crippen LogP contribution in [-0.2, 0) is 11.2 Å². The highest BCUT2D eigenvalue weighted by atomic mass is 16.1. The molecule has 20 heavy (non-hydrogen) atoms. The van der Waals surface area contributed by atoms with E-state index in [4.69, 9.17) is 0 Å². The first-order valence-electron chi connectivity index (χ1n) is 7.38. The molecule has 0 aliphatic carbocycles. The van der Waals surface area contributed by atoms with Crippen LogP contribution in [0, 0.1) is 0 Å². The van der Waals surface area contributed by atoms with E-state index >= 15 is 0 Å². The van der Waals surface area contributed by atoms with Gasteiger partial charge in [-0.15, -0.1) is 0 Å². The van der Waals surface area contributed by atoms with Gasteiger partial charge in [-0.2, -0.15) is 0 Å². The van der Waals surface area contributed by atoms with E-state index < -0.39 is 0 Å². The fraction of sp³-hybridized carbons (Fsp3) is 0.438. The van der Waals surface area contributed by atoms with Crippen LogP contribution in [0.4, 0.5) is 0 Å². The third-order valence-electron chi connectivity index (χ3n) is 3.96. The van der Waals surface area contributed by atoms with Crippen molar-refractivity contribution in [3.63, 3.8) is 0 Å². The Hall–Kier alpha value is -1.81. The second-order valence-electron chi connectivity index (χ2n) is 5.47. The Bertz CT molecular complexity index is 584. The van der Waals surface area contributed by atoms with Gasteiger partial charge in [0.2, 0.25) is 5.91 Å². The highest BCUT2D eigenvalue weighted by Gasteiger charge is 2.15. The van der Waals surface area contributed by atoms with Crippen LogP contribution in [0.25, 0.3) is 10.9 Å². The van der Waals surface area contributed by atoms with E-state index in [0.717, 1.165) is 37.9 Å². The molecular weight excluding hydrogens is 250 g/mol. The summed E-state index contributed by atoms with van der Waals surface area (Å²) in [7, 11) is 0. The molecule has 0 radical (unpaired) electrons. The van der Waals surface area contributed by atoms with Crippen molar-refractivity contribution >= 4 is 16.8 Å². The summed E-state index contributed by atoms with van der Waals surface area (Å²) in [5.41, 5.74) is 2.36. The zero-order valence-electron chi connectivity index (χ0n) is 11.6. The van der Waals surface area contributed by atoms with Crippen molar-refractivity contribution in [3.8, 4) is 0 Å². The smallest absolute Gasteiger partial charge is 0.220 e. The molecule has 1 atom stereocenters. The zero-order valence-corrected chi connectivity index (χ0v) is 11.6. The fourth-order valence-corrected chi connectivity index (χ4v) is 2.86. The maximum Gasteiger partial charge on any atom is 0.220 e. The first-order valence-corrected chi connectivity index (χ1v) is 7.38. The number of H-pyrrole nitrogens is 1. The van der Waals surface area contributed by atoms with Crippen molar-refractivity contribution in [1.29, 1.82) is 0 Å². The highest BCUT2D eigenvalue weighted by Crippen LogP contribution is 2.18. The van der Waals surface area contributed by atoms with Gasteiger partial charge in [0, 0.05) is 36.1 Å². The number of aromatic amines is 1. The van der Waals surface area contributed by atoms with E-state index in [1.807, 2.05) is 18.3 Å². The Balaban J connectivity index is 1.54. The quantitative estimate of drug-likeness (QED) is 0.796. The normalized spacial score (nSPS) is 19.1. The van der Waals surface area contributed by atoms with Crippen molar-refractivity contribution in [2.24, 2.45) is 0 Å². The lowest BCUT2D eigenvalue weighted by atomic mass is 10.1. The van der Waals surface area contributed by atoms with Crippen molar-refractivity contribution in [2.75, 3.05) is 13.1 Å². The molecule has 2 heterocycles. The van der Waals surface area contributed by atoms with Gasteiger partial charge in [-0.25, -0.2) is 0 Å². The number of benzene rings is 1. The number of aryl methyl sites for hydroxylation is 1. The van der Waals surface area contributed by atoms with Crippen LogP contribution in [0.15, 0.2) is 30.5 Å². The van der Waals surface area contributed by atoms with E-state index in [1.54, 1.807) is 0 Å². The molecule has 0 saturated carbocycles. The molecule has 0 bridgehead atoms. The number of para-hydroxylation sites is 1. The average molecular weight is 271 g/mol. The van der Waals surface area contributed by atoms with Gasteiger partial charge in [0.1, 0.15) is 0 Å². The number of fused-ring (bicyclic) bond motifs is 1. The Morgan fingerprint density at radius 3 is 3.10 bits per heavy atom. The van der Waals surface area contributed by atoms with E-state index in [1.165, 1.54) is 10.9 Å². The summed E-state index contributed by atoms with van der Waals surface area (Å²) in [6.45, 7) is 1.97. The first-order chi connectivity index (χ1) is 9.83. The summed E-state index contributed by atoms with van der Waals surface area (Å²) in [6.07, 6.45) is 5.59. The highest BCUT2D eigenvalue weighted by molar-refractivity contribution is 5.84. The molecule has 2 aromatic rings. The third kappa shape index (κ3) is 3.02. The lowest BCUT2D eigenvalue weighted by Gasteiger charge is -2.23. The van der Waals surface area contributed by atoms with Gasteiger partial charge in [0.25, 0.3) is 0 Å². The summed E-state index contributed by atoms with van der Waals surface area (Å²) in [5.74, 6) is 0.156. The number of hydrogen-bond donors (Lipinski definition) is 3. The number of nitrogens with one attached hydrogen (secondary N) is 3. The minimum absolute atomic E-state index is 0.156. The molecule has 1 aliphatic heterocycles. The Kier molecular flexibility index (Phi) is 4.02. The maximum absolute atomic E-state index is 12.0. The SMILES string of the molecule is O=C(CCc1c[nH]c2ccccc12)N[C@H]1CCCNC1. The Labute approximate surface area is 118 Å². The fourth-order valence-electron chi connectivity index (χ4n) is 2.86. The standard InChI is InChI=1S/C16H21N3O/c20-16(19-13-4-3-9-17-11-13)8-7-12-10-18-15-6-2-1-5-14(12)15/h1-2,5-6,10,13,17-18H,3-4,7-9,11H2,(H,19,20)/t13-/m0/s1. The van der Waals surface area contributed by atoms with E-state index in [9.17, 15) is 4.79 Å². The predicted molar refractivity (Wildman–Crippen MR) is 80.7 cm³/mol. The number of aromatic nitrogens is 1. The molecule has 1 saturated heterocycles. The van der Waals surface area contributed by atoms with Crippen molar-refractivity contribution in [3.05, 3.63) is 36.0 Å². The molecule has 1 aromatic heterocycles. The number of carbonyl (C=O) groups excluding carboxylic acids is 1. The third-order valence-corrected chi connectivity index (χ3v) is 3.96. The van der Waals surface area contributed by atoms with E-state index in [0.29, 0.717) is 12.5 Å². The summed E-state index contributed by atoms with van der Waals surface area (Å²) in [4.78, 5) is 15.2. The van der Waals surface area contributed by atoms with Crippen LogP contribution in [0.2, 0.25) is 0 Å². The molecule has 1 fully saturated rings. The molecule has 3 rings (SSSR count). The van der Waals surface area contributed by atoms with Gasteiger partial charge in [0.05, 0.1) is 0 Å². The van der Waals surface area contributed by atoms with Crippen LogP contribution in [0.5, 0.6) is 0 Å². The van der Waals surface area contributed by atoms with Gasteiger partial charge in [-0.05, 0) is 37.4 Å². The Morgan fingerprint density at radius 1 is 1.35 bits per heavy atom. The largest absolute Gasteiger partial charge is 0.361 e. The molecule has 3 N–H and O–H groups in total. The van der Waals surface area contributed by atoms with Crippen LogP contribution in [-0.4, -0.2) is 30.0 Å². The molecule has 1 amide bonds. The van der Waals surface area contributed by atoms with Crippen LogP contribution in [0.1, 0.15) is 24.8 Å². The number of rotatable bonds is 4. The van der Waals surface area contributed by atoms with E-state index in [-0.39, 0.29) is 5.91 Å². The molecule has 106 valence electrons.